The first-order valence-corrected chi connectivity index (χ1v) is 10.9. The van der Waals surface area contributed by atoms with E-state index in [1.165, 1.54) is 0 Å². The van der Waals surface area contributed by atoms with Crippen LogP contribution < -0.4 is 4.90 Å². The van der Waals surface area contributed by atoms with Crippen molar-refractivity contribution < 1.29 is 4.79 Å². The van der Waals surface area contributed by atoms with Crippen LogP contribution in [0.15, 0.2) is 66.7 Å². The smallest absolute Gasteiger partial charge is 0.260 e. The van der Waals surface area contributed by atoms with E-state index in [4.69, 9.17) is 4.98 Å². The molecule has 0 spiro atoms. The van der Waals surface area contributed by atoms with Gasteiger partial charge in [-0.05, 0) is 48.1 Å². The zero-order valence-corrected chi connectivity index (χ0v) is 18.9. The molecule has 4 nitrogen and oxygen atoms in total. The molecule has 6 heteroatoms. The third kappa shape index (κ3) is 4.64. The molecule has 4 aromatic rings. The zero-order chi connectivity index (χ0) is 20.2. The second kappa shape index (κ2) is 10.0. The van der Waals surface area contributed by atoms with E-state index in [-0.39, 0.29) is 18.3 Å². The number of hydrogen-bond acceptors (Lipinski definition) is 4. The number of likely N-dealkylation sites (N-methyl/N-ethyl adjacent to an activating group) is 1. The molecule has 30 heavy (non-hydrogen) atoms. The summed E-state index contributed by atoms with van der Waals surface area (Å²) < 4.78 is 1.10. The van der Waals surface area contributed by atoms with Crippen LogP contribution in [-0.4, -0.2) is 42.0 Å². The minimum absolute atomic E-state index is 0. The van der Waals surface area contributed by atoms with Crippen LogP contribution in [0.4, 0.5) is 5.13 Å². The first-order valence-electron chi connectivity index (χ1n) is 10.1. The summed E-state index contributed by atoms with van der Waals surface area (Å²) in [5.74, 6) is 0.00182. The summed E-state index contributed by atoms with van der Waals surface area (Å²) in [7, 11) is 0. The molecule has 0 aliphatic carbocycles. The number of fused-ring (bicyclic) bond motifs is 2. The number of anilines is 1. The van der Waals surface area contributed by atoms with Crippen molar-refractivity contribution in [3.05, 3.63) is 72.3 Å². The van der Waals surface area contributed by atoms with E-state index < -0.39 is 0 Å². The zero-order valence-electron chi connectivity index (χ0n) is 17.2. The van der Waals surface area contributed by atoms with E-state index in [0.29, 0.717) is 12.1 Å². The van der Waals surface area contributed by atoms with Crippen molar-refractivity contribution in [2.75, 3.05) is 31.1 Å². The van der Waals surface area contributed by atoms with Crippen LogP contribution in [0.2, 0.25) is 0 Å². The number of rotatable bonds is 7. The Morgan fingerprint density at radius 2 is 1.60 bits per heavy atom. The van der Waals surface area contributed by atoms with Crippen LogP contribution >= 0.6 is 23.7 Å². The molecule has 0 aliphatic rings. The van der Waals surface area contributed by atoms with Gasteiger partial charge in [0.15, 0.2) is 5.13 Å². The Balaban J connectivity index is 0.00000256. The molecule has 0 bridgehead atoms. The fourth-order valence-electron chi connectivity index (χ4n) is 3.52. The summed E-state index contributed by atoms with van der Waals surface area (Å²) in [6.07, 6.45) is 0. The van der Waals surface area contributed by atoms with E-state index in [1.54, 1.807) is 11.3 Å². The van der Waals surface area contributed by atoms with E-state index in [2.05, 4.69) is 30.9 Å². The van der Waals surface area contributed by atoms with Crippen molar-refractivity contribution in [3.8, 4) is 0 Å². The molecule has 4 rings (SSSR count). The normalized spacial score (nSPS) is 11.0. The largest absolute Gasteiger partial charge is 0.302 e. The summed E-state index contributed by atoms with van der Waals surface area (Å²) in [5.41, 5.74) is 1.63. The fraction of sp³-hybridized carbons (Fsp3) is 0.250. The van der Waals surface area contributed by atoms with Crippen LogP contribution in [0.3, 0.4) is 0 Å². The third-order valence-electron chi connectivity index (χ3n) is 5.29. The average Bonchev–Trinajstić information content (AvgIpc) is 3.20. The second-order valence-corrected chi connectivity index (χ2v) is 8.02. The maximum absolute atomic E-state index is 13.5. The van der Waals surface area contributed by atoms with Gasteiger partial charge in [0.25, 0.3) is 5.91 Å². The van der Waals surface area contributed by atoms with Crippen molar-refractivity contribution in [2.24, 2.45) is 0 Å². The Bertz CT molecular complexity index is 1110. The maximum Gasteiger partial charge on any atom is 0.260 e. The fourth-order valence-corrected chi connectivity index (χ4v) is 4.51. The van der Waals surface area contributed by atoms with E-state index >= 15 is 0 Å². The average molecular weight is 440 g/mol. The van der Waals surface area contributed by atoms with Crippen molar-refractivity contribution >= 4 is 55.8 Å². The molecule has 0 N–H and O–H groups in total. The number of halogens is 1. The molecule has 1 aromatic heterocycles. The van der Waals surface area contributed by atoms with Crippen LogP contribution in [-0.2, 0) is 0 Å². The molecule has 1 heterocycles. The van der Waals surface area contributed by atoms with Gasteiger partial charge >= 0.3 is 0 Å². The minimum Gasteiger partial charge on any atom is -0.302 e. The van der Waals surface area contributed by atoms with E-state index in [9.17, 15) is 4.79 Å². The van der Waals surface area contributed by atoms with Crippen molar-refractivity contribution in [3.63, 3.8) is 0 Å². The Morgan fingerprint density at radius 3 is 2.33 bits per heavy atom. The van der Waals surface area contributed by atoms with Gasteiger partial charge in [-0.15, -0.1) is 12.4 Å². The molecule has 0 saturated carbocycles. The van der Waals surface area contributed by atoms with E-state index in [0.717, 1.165) is 45.8 Å². The SMILES string of the molecule is CCN(CC)CCN(C(=O)c1ccc2ccccc2c1)c1nc2ccccc2s1.Cl. The molecule has 0 unspecified atom stereocenters. The summed E-state index contributed by atoms with van der Waals surface area (Å²) in [5, 5.41) is 2.97. The number of carbonyl (C=O) groups excluding carboxylic acids is 1. The van der Waals surface area contributed by atoms with E-state index in [1.807, 2.05) is 59.5 Å². The minimum atomic E-state index is 0. The van der Waals surface area contributed by atoms with Gasteiger partial charge in [-0.3, -0.25) is 9.69 Å². The summed E-state index contributed by atoms with van der Waals surface area (Å²) in [4.78, 5) is 22.5. The van der Waals surface area contributed by atoms with Gasteiger partial charge in [0, 0.05) is 18.7 Å². The molecule has 0 atom stereocenters. The topological polar surface area (TPSA) is 36.4 Å². The monoisotopic (exact) mass is 439 g/mol. The van der Waals surface area contributed by atoms with Crippen LogP contribution in [0.5, 0.6) is 0 Å². The number of benzene rings is 3. The lowest BCUT2D eigenvalue weighted by molar-refractivity contribution is 0.0984. The van der Waals surface area contributed by atoms with Gasteiger partial charge in [-0.1, -0.05) is 67.6 Å². The van der Waals surface area contributed by atoms with Gasteiger partial charge in [0.1, 0.15) is 0 Å². The quantitative estimate of drug-likeness (QED) is 0.362. The van der Waals surface area contributed by atoms with Gasteiger partial charge in [0.2, 0.25) is 0 Å². The lowest BCUT2D eigenvalue weighted by Crippen LogP contribution is -2.38. The molecule has 0 fully saturated rings. The highest BCUT2D eigenvalue weighted by atomic mass is 35.5. The highest BCUT2D eigenvalue weighted by molar-refractivity contribution is 7.22. The summed E-state index contributed by atoms with van der Waals surface area (Å²) in [6.45, 7) is 7.67. The molecule has 3 aromatic carbocycles. The highest BCUT2D eigenvalue weighted by Crippen LogP contribution is 2.30. The van der Waals surface area contributed by atoms with Crippen LogP contribution in [0.25, 0.3) is 21.0 Å². The molecular formula is C24H26ClN3OS. The number of thiazole rings is 1. The lowest BCUT2D eigenvalue weighted by atomic mass is 10.1. The third-order valence-corrected chi connectivity index (χ3v) is 6.35. The van der Waals surface area contributed by atoms with Gasteiger partial charge in [-0.25, -0.2) is 4.98 Å². The summed E-state index contributed by atoms with van der Waals surface area (Å²) in [6, 6.07) is 22.1. The Labute approximate surface area is 187 Å². The number of amides is 1. The molecule has 156 valence electrons. The summed E-state index contributed by atoms with van der Waals surface area (Å²) >= 11 is 1.57. The first kappa shape index (κ1) is 22.2. The second-order valence-electron chi connectivity index (χ2n) is 7.01. The lowest BCUT2D eigenvalue weighted by Gasteiger charge is -2.24. The Morgan fingerprint density at radius 1 is 0.900 bits per heavy atom. The number of hydrogen-bond donors (Lipinski definition) is 0. The van der Waals surface area contributed by atoms with Crippen LogP contribution in [0, 0.1) is 0 Å². The number of aromatic nitrogens is 1. The van der Waals surface area contributed by atoms with Crippen molar-refractivity contribution in [1.29, 1.82) is 0 Å². The van der Waals surface area contributed by atoms with Gasteiger partial charge in [0.05, 0.1) is 10.2 Å². The molecule has 0 radical (unpaired) electrons. The van der Waals surface area contributed by atoms with Crippen LogP contribution in [0.1, 0.15) is 24.2 Å². The van der Waals surface area contributed by atoms with Gasteiger partial charge < -0.3 is 4.90 Å². The van der Waals surface area contributed by atoms with Crippen molar-refractivity contribution in [2.45, 2.75) is 13.8 Å². The highest BCUT2D eigenvalue weighted by Gasteiger charge is 2.22. The molecule has 0 aliphatic heterocycles. The molecular weight excluding hydrogens is 414 g/mol. The number of nitrogens with zero attached hydrogens (tertiary/aromatic N) is 3. The predicted octanol–water partition coefficient (Wildman–Crippen LogP) is 5.86. The maximum atomic E-state index is 13.5. The Kier molecular flexibility index (Phi) is 7.43. The first-order chi connectivity index (χ1) is 14.2. The predicted molar refractivity (Wildman–Crippen MR) is 130 cm³/mol. The number of para-hydroxylation sites is 1. The Hall–Kier alpha value is -2.47. The number of carbonyl (C=O) groups is 1. The van der Waals surface area contributed by atoms with Gasteiger partial charge in [-0.2, -0.15) is 0 Å². The van der Waals surface area contributed by atoms with Crippen molar-refractivity contribution in [1.82, 2.24) is 9.88 Å². The molecule has 1 amide bonds. The molecule has 0 saturated heterocycles. The standard InChI is InChI=1S/C24H25N3OS.ClH/c1-3-26(4-2)15-16-27(24-25-21-11-7-8-12-22(21)29-24)23(28)20-14-13-18-9-5-6-10-19(18)17-20;/h5-14,17H,3-4,15-16H2,1-2H3;1H.